The van der Waals surface area contributed by atoms with Crippen molar-refractivity contribution < 1.29 is 0 Å². The standard InChI is InChI=1S/C9H10ClN5S/c10-7-4-12-2-1-6(7)3-8(14-11)9-5-13-16-15-9/h1-2,4-5,8,14H,3,11H2. The van der Waals surface area contributed by atoms with E-state index >= 15 is 0 Å². The summed E-state index contributed by atoms with van der Waals surface area (Å²) in [6, 6.07) is 1.78. The van der Waals surface area contributed by atoms with Crippen molar-refractivity contribution in [3.63, 3.8) is 0 Å². The van der Waals surface area contributed by atoms with Crippen LogP contribution in [0, 0.1) is 0 Å². The molecule has 0 saturated heterocycles. The highest BCUT2D eigenvalue weighted by Crippen LogP contribution is 2.21. The molecule has 2 aromatic heterocycles. The van der Waals surface area contributed by atoms with Crippen LogP contribution in [0.4, 0.5) is 0 Å². The van der Waals surface area contributed by atoms with Gasteiger partial charge in [0.05, 0.1) is 34.7 Å². The normalized spacial score (nSPS) is 12.6. The van der Waals surface area contributed by atoms with Gasteiger partial charge in [-0.05, 0) is 18.1 Å². The number of pyridine rings is 1. The number of hydrogen-bond acceptors (Lipinski definition) is 6. The molecule has 0 spiro atoms. The maximum absolute atomic E-state index is 6.02. The van der Waals surface area contributed by atoms with E-state index in [1.54, 1.807) is 18.6 Å². The van der Waals surface area contributed by atoms with Crippen LogP contribution in [0.3, 0.4) is 0 Å². The molecule has 16 heavy (non-hydrogen) atoms. The number of nitrogens with zero attached hydrogens (tertiary/aromatic N) is 3. The van der Waals surface area contributed by atoms with Crippen molar-refractivity contribution >= 4 is 23.3 Å². The summed E-state index contributed by atoms with van der Waals surface area (Å²) >= 11 is 7.18. The second-order valence-electron chi connectivity index (χ2n) is 3.22. The Hall–Kier alpha value is -1.08. The summed E-state index contributed by atoms with van der Waals surface area (Å²) in [7, 11) is 0. The van der Waals surface area contributed by atoms with Gasteiger partial charge in [0.15, 0.2) is 0 Å². The maximum atomic E-state index is 6.02. The van der Waals surface area contributed by atoms with E-state index in [4.69, 9.17) is 17.4 Å². The molecule has 0 aliphatic rings. The smallest absolute Gasteiger partial charge is 0.0929 e. The zero-order chi connectivity index (χ0) is 11.4. The molecule has 7 heteroatoms. The Bertz CT molecular complexity index is 447. The van der Waals surface area contributed by atoms with Crippen molar-refractivity contribution in [2.75, 3.05) is 0 Å². The molecule has 2 aromatic rings. The van der Waals surface area contributed by atoms with Gasteiger partial charge in [0, 0.05) is 12.4 Å². The van der Waals surface area contributed by atoms with Crippen LogP contribution < -0.4 is 11.3 Å². The third-order valence-electron chi connectivity index (χ3n) is 2.22. The minimum absolute atomic E-state index is 0.0846. The molecule has 2 heterocycles. The van der Waals surface area contributed by atoms with Crippen molar-refractivity contribution in [2.45, 2.75) is 12.5 Å². The van der Waals surface area contributed by atoms with Gasteiger partial charge in [-0.25, -0.2) is 0 Å². The van der Waals surface area contributed by atoms with Gasteiger partial charge in [0.1, 0.15) is 0 Å². The lowest BCUT2D eigenvalue weighted by Gasteiger charge is -2.13. The summed E-state index contributed by atoms with van der Waals surface area (Å²) in [6.45, 7) is 0. The maximum Gasteiger partial charge on any atom is 0.0929 e. The lowest BCUT2D eigenvalue weighted by Crippen LogP contribution is -2.29. The van der Waals surface area contributed by atoms with Crippen LogP contribution in [0.5, 0.6) is 0 Å². The van der Waals surface area contributed by atoms with Gasteiger partial charge in [-0.3, -0.25) is 16.3 Å². The van der Waals surface area contributed by atoms with Crippen molar-refractivity contribution in [2.24, 2.45) is 5.84 Å². The highest BCUT2D eigenvalue weighted by molar-refractivity contribution is 6.99. The van der Waals surface area contributed by atoms with Crippen LogP contribution in [0.25, 0.3) is 0 Å². The molecule has 0 radical (unpaired) electrons. The van der Waals surface area contributed by atoms with Crippen LogP contribution in [0.15, 0.2) is 24.7 Å². The van der Waals surface area contributed by atoms with Crippen molar-refractivity contribution in [1.82, 2.24) is 19.2 Å². The van der Waals surface area contributed by atoms with Crippen LogP contribution in [0.2, 0.25) is 5.02 Å². The Kier molecular flexibility index (Phi) is 3.79. The fourth-order valence-electron chi connectivity index (χ4n) is 1.36. The van der Waals surface area contributed by atoms with Gasteiger partial charge in [-0.15, -0.1) is 0 Å². The molecule has 3 N–H and O–H groups in total. The highest BCUT2D eigenvalue weighted by Gasteiger charge is 2.14. The molecule has 0 fully saturated rings. The average Bonchev–Trinajstić information content (AvgIpc) is 2.81. The Morgan fingerprint density at radius 2 is 2.38 bits per heavy atom. The number of halogens is 1. The third-order valence-corrected chi connectivity index (χ3v) is 3.05. The van der Waals surface area contributed by atoms with Gasteiger partial charge in [0.2, 0.25) is 0 Å². The number of hydrogen-bond donors (Lipinski definition) is 2. The zero-order valence-corrected chi connectivity index (χ0v) is 9.87. The van der Waals surface area contributed by atoms with Crippen LogP contribution in [-0.2, 0) is 6.42 Å². The molecular formula is C9H10ClN5S. The molecule has 0 aliphatic heterocycles. The summed E-state index contributed by atoms with van der Waals surface area (Å²) in [4.78, 5) is 3.93. The summed E-state index contributed by atoms with van der Waals surface area (Å²) in [5, 5.41) is 0.630. The van der Waals surface area contributed by atoms with Gasteiger partial charge in [-0.2, -0.15) is 8.75 Å². The van der Waals surface area contributed by atoms with Crippen LogP contribution in [0.1, 0.15) is 17.3 Å². The Morgan fingerprint density at radius 1 is 1.50 bits per heavy atom. The number of rotatable bonds is 4. The van der Waals surface area contributed by atoms with E-state index < -0.39 is 0 Å². The zero-order valence-electron chi connectivity index (χ0n) is 8.30. The van der Waals surface area contributed by atoms with E-state index in [0.29, 0.717) is 11.4 Å². The van der Waals surface area contributed by atoms with Crippen LogP contribution >= 0.6 is 23.3 Å². The topological polar surface area (TPSA) is 76.7 Å². The first kappa shape index (κ1) is 11.4. The molecule has 2 rings (SSSR count). The molecular weight excluding hydrogens is 246 g/mol. The van der Waals surface area contributed by atoms with Crippen LogP contribution in [-0.4, -0.2) is 13.7 Å². The van der Waals surface area contributed by atoms with E-state index in [1.807, 2.05) is 6.07 Å². The number of nitrogens with one attached hydrogen (secondary N) is 1. The minimum atomic E-state index is -0.0846. The lowest BCUT2D eigenvalue weighted by atomic mass is 10.1. The molecule has 0 saturated carbocycles. The predicted molar refractivity (Wildman–Crippen MR) is 62.9 cm³/mol. The number of hydrazine groups is 1. The van der Waals surface area contributed by atoms with Crippen molar-refractivity contribution in [3.8, 4) is 0 Å². The van der Waals surface area contributed by atoms with Crippen molar-refractivity contribution in [1.29, 1.82) is 0 Å². The van der Waals surface area contributed by atoms with Gasteiger partial charge < -0.3 is 0 Å². The number of nitrogens with two attached hydrogens (primary N) is 1. The molecule has 1 atom stereocenters. The van der Waals surface area contributed by atoms with E-state index in [2.05, 4.69) is 19.2 Å². The molecule has 0 bridgehead atoms. The molecule has 0 aliphatic carbocycles. The second kappa shape index (κ2) is 5.31. The molecule has 1 unspecified atom stereocenters. The molecule has 0 aromatic carbocycles. The monoisotopic (exact) mass is 255 g/mol. The minimum Gasteiger partial charge on any atom is -0.271 e. The van der Waals surface area contributed by atoms with E-state index in [-0.39, 0.29) is 6.04 Å². The van der Waals surface area contributed by atoms with Gasteiger partial charge >= 0.3 is 0 Å². The number of aromatic nitrogens is 3. The highest BCUT2D eigenvalue weighted by atomic mass is 35.5. The van der Waals surface area contributed by atoms with E-state index in [0.717, 1.165) is 23.0 Å². The summed E-state index contributed by atoms with van der Waals surface area (Å²) in [6.07, 6.45) is 5.67. The first-order valence-corrected chi connectivity index (χ1v) is 5.74. The fraction of sp³-hybridized carbons (Fsp3) is 0.222. The largest absolute Gasteiger partial charge is 0.271 e. The average molecular weight is 256 g/mol. The van der Waals surface area contributed by atoms with E-state index in [1.165, 1.54) is 0 Å². The summed E-state index contributed by atoms with van der Waals surface area (Å²) in [5.74, 6) is 5.49. The summed E-state index contributed by atoms with van der Waals surface area (Å²) in [5.41, 5.74) is 4.50. The first-order chi connectivity index (χ1) is 7.81. The Labute approximate surface area is 102 Å². The molecule has 0 amide bonds. The van der Waals surface area contributed by atoms with Gasteiger partial charge in [-0.1, -0.05) is 11.6 Å². The third kappa shape index (κ3) is 2.53. The Balaban J connectivity index is 2.17. The Morgan fingerprint density at radius 3 is 3.00 bits per heavy atom. The second-order valence-corrected chi connectivity index (χ2v) is 4.19. The van der Waals surface area contributed by atoms with Gasteiger partial charge in [0.25, 0.3) is 0 Å². The molecule has 5 nitrogen and oxygen atoms in total. The van der Waals surface area contributed by atoms with Crippen molar-refractivity contribution in [3.05, 3.63) is 40.9 Å². The van der Waals surface area contributed by atoms with E-state index in [9.17, 15) is 0 Å². The predicted octanol–water partition coefficient (Wildman–Crippen LogP) is 1.33. The molecule has 84 valence electrons. The first-order valence-electron chi connectivity index (χ1n) is 4.63. The fourth-order valence-corrected chi connectivity index (χ4v) is 2.03. The SMILES string of the molecule is NNC(Cc1ccncc1Cl)c1cnsn1. The summed E-state index contributed by atoms with van der Waals surface area (Å²) < 4.78 is 8.09. The quantitative estimate of drug-likeness (QED) is 0.637. The lowest BCUT2D eigenvalue weighted by molar-refractivity contribution is 0.542.